The van der Waals surface area contributed by atoms with Crippen LogP contribution in [0.3, 0.4) is 0 Å². The summed E-state index contributed by atoms with van der Waals surface area (Å²) in [6.07, 6.45) is 0. The molecule has 0 radical (unpaired) electrons. The molecular formula is C28H25N3O3S. The van der Waals surface area contributed by atoms with E-state index in [1.165, 1.54) is 11.8 Å². The Bertz CT molecular complexity index is 1280. The van der Waals surface area contributed by atoms with E-state index in [0.29, 0.717) is 24.3 Å². The molecule has 0 atom stereocenters. The van der Waals surface area contributed by atoms with Crippen molar-refractivity contribution >= 4 is 29.4 Å². The smallest absolute Gasteiger partial charge is 0.319 e. The fourth-order valence-corrected chi connectivity index (χ4v) is 4.21. The van der Waals surface area contributed by atoms with Crippen LogP contribution in [0.4, 0.5) is 10.5 Å². The molecule has 4 aromatic carbocycles. The first-order valence-electron chi connectivity index (χ1n) is 11.1. The molecule has 4 N–H and O–H groups in total. The molecule has 0 unspecified atom stereocenters. The summed E-state index contributed by atoms with van der Waals surface area (Å²) in [5, 5.41) is 18.2. The number of benzene rings is 4. The summed E-state index contributed by atoms with van der Waals surface area (Å²) in [4.78, 5) is 27.1. The van der Waals surface area contributed by atoms with Gasteiger partial charge >= 0.3 is 6.03 Å². The summed E-state index contributed by atoms with van der Waals surface area (Å²) >= 11 is 1.42. The Morgan fingerprint density at radius 2 is 1.31 bits per heavy atom. The number of hydrogen-bond acceptors (Lipinski definition) is 4. The Kier molecular flexibility index (Phi) is 8.04. The SMILES string of the molecule is O=C(NCc1ccccc1)Nc1cc(C(=O)NCc2ccccc2)ccc1Sc1ccc(O)cc1. The van der Waals surface area contributed by atoms with Crippen LogP contribution >= 0.6 is 11.8 Å². The van der Waals surface area contributed by atoms with Gasteiger partial charge < -0.3 is 21.1 Å². The lowest BCUT2D eigenvalue weighted by molar-refractivity contribution is 0.0951. The van der Waals surface area contributed by atoms with Gasteiger partial charge in [0, 0.05) is 28.4 Å². The number of phenols is 1. The summed E-state index contributed by atoms with van der Waals surface area (Å²) in [5.74, 6) is -0.0544. The number of nitrogens with one attached hydrogen (secondary N) is 3. The third-order valence-electron chi connectivity index (χ3n) is 5.15. The molecule has 0 saturated heterocycles. The standard InChI is InChI=1S/C28H25N3O3S/c32-23-12-14-24(15-13-23)35-26-16-11-22(27(33)29-18-20-7-3-1-4-8-20)17-25(26)31-28(34)30-19-21-9-5-2-6-10-21/h1-17,32H,18-19H2,(H,29,33)(H2,30,31,34). The Hall–Kier alpha value is -4.23. The van der Waals surface area contributed by atoms with Gasteiger partial charge in [0.15, 0.2) is 0 Å². The number of anilines is 1. The number of phenolic OH excluding ortho intramolecular Hbond substituents is 1. The molecule has 3 amide bonds. The number of rotatable bonds is 8. The maximum Gasteiger partial charge on any atom is 0.319 e. The van der Waals surface area contributed by atoms with Gasteiger partial charge in [-0.1, -0.05) is 72.4 Å². The van der Waals surface area contributed by atoms with Crippen molar-refractivity contribution in [3.63, 3.8) is 0 Å². The number of urea groups is 1. The number of aromatic hydroxyl groups is 1. The lowest BCUT2D eigenvalue weighted by atomic mass is 10.1. The van der Waals surface area contributed by atoms with Crippen LogP contribution in [0, 0.1) is 0 Å². The number of hydrogen-bond donors (Lipinski definition) is 4. The van der Waals surface area contributed by atoms with Crippen LogP contribution in [0.2, 0.25) is 0 Å². The Labute approximate surface area is 208 Å². The minimum Gasteiger partial charge on any atom is -0.508 e. The van der Waals surface area contributed by atoms with Gasteiger partial charge in [-0.25, -0.2) is 4.79 Å². The number of carbonyl (C=O) groups excluding carboxylic acids is 2. The molecule has 0 saturated carbocycles. The first kappa shape index (κ1) is 23.9. The fraction of sp³-hybridized carbons (Fsp3) is 0.0714. The maximum atomic E-state index is 12.8. The van der Waals surface area contributed by atoms with Crippen molar-refractivity contribution in [1.29, 1.82) is 0 Å². The lowest BCUT2D eigenvalue weighted by Gasteiger charge is -2.14. The molecule has 35 heavy (non-hydrogen) atoms. The van der Waals surface area contributed by atoms with Crippen molar-refractivity contribution in [3.05, 3.63) is 120 Å². The zero-order valence-electron chi connectivity index (χ0n) is 18.9. The van der Waals surface area contributed by atoms with Crippen LogP contribution in [-0.4, -0.2) is 17.0 Å². The highest BCUT2D eigenvalue weighted by Gasteiger charge is 2.13. The molecule has 0 aliphatic rings. The van der Waals surface area contributed by atoms with E-state index in [2.05, 4.69) is 16.0 Å². The minimum absolute atomic E-state index is 0.179. The van der Waals surface area contributed by atoms with Crippen LogP contribution in [0.1, 0.15) is 21.5 Å². The van der Waals surface area contributed by atoms with Crippen LogP contribution in [0.25, 0.3) is 0 Å². The van der Waals surface area contributed by atoms with E-state index in [9.17, 15) is 14.7 Å². The highest BCUT2D eigenvalue weighted by Crippen LogP contribution is 2.35. The second-order valence-corrected chi connectivity index (χ2v) is 8.88. The second-order valence-electron chi connectivity index (χ2n) is 7.77. The van der Waals surface area contributed by atoms with Gasteiger partial charge in [0.2, 0.25) is 0 Å². The van der Waals surface area contributed by atoms with Crippen molar-refractivity contribution in [3.8, 4) is 5.75 Å². The Morgan fingerprint density at radius 1 is 0.714 bits per heavy atom. The average Bonchev–Trinajstić information content (AvgIpc) is 2.89. The highest BCUT2D eigenvalue weighted by atomic mass is 32.2. The van der Waals surface area contributed by atoms with Crippen molar-refractivity contribution in [1.82, 2.24) is 10.6 Å². The zero-order valence-corrected chi connectivity index (χ0v) is 19.7. The van der Waals surface area contributed by atoms with E-state index in [1.807, 2.05) is 66.7 Å². The molecule has 6 nitrogen and oxygen atoms in total. The number of amides is 3. The Balaban J connectivity index is 1.50. The van der Waals surface area contributed by atoms with Crippen LogP contribution < -0.4 is 16.0 Å². The third kappa shape index (κ3) is 7.12. The van der Waals surface area contributed by atoms with E-state index >= 15 is 0 Å². The molecule has 0 bridgehead atoms. The molecule has 176 valence electrons. The second kappa shape index (κ2) is 11.8. The van der Waals surface area contributed by atoms with E-state index in [0.717, 1.165) is 20.9 Å². The van der Waals surface area contributed by atoms with E-state index in [-0.39, 0.29) is 17.7 Å². The summed E-state index contributed by atoms with van der Waals surface area (Å²) < 4.78 is 0. The molecule has 0 aliphatic carbocycles. The first-order valence-corrected chi connectivity index (χ1v) is 11.9. The van der Waals surface area contributed by atoms with E-state index in [1.54, 1.807) is 36.4 Å². The lowest BCUT2D eigenvalue weighted by Crippen LogP contribution is -2.28. The topological polar surface area (TPSA) is 90.5 Å². The predicted octanol–water partition coefficient (Wildman–Crippen LogP) is 5.80. The normalized spacial score (nSPS) is 10.4. The third-order valence-corrected chi connectivity index (χ3v) is 6.23. The van der Waals surface area contributed by atoms with Gasteiger partial charge in [-0.05, 0) is 53.6 Å². The molecule has 0 heterocycles. The molecule has 0 fully saturated rings. The van der Waals surface area contributed by atoms with Crippen molar-refractivity contribution in [2.75, 3.05) is 5.32 Å². The van der Waals surface area contributed by atoms with Gasteiger partial charge in [0.25, 0.3) is 5.91 Å². The molecule has 4 rings (SSSR count). The summed E-state index contributed by atoms with van der Waals surface area (Å²) in [6, 6.07) is 30.9. The van der Waals surface area contributed by atoms with Gasteiger partial charge in [-0.3, -0.25) is 4.79 Å². The van der Waals surface area contributed by atoms with Crippen molar-refractivity contribution < 1.29 is 14.7 Å². The first-order chi connectivity index (χ1) is 17.1. The maximum absolute atomic E-state index is 12.8. The predicted molar refractivity (Wildman–Crippen MR) is 139 cm³/mol. The fourth-order valence-electron chi connectivity index (χ4n) is 3.32. The van der Waals surface area contributed by atoms with E-state index in [4.69, 9.17) is 0 Å². The van der Waals surface area contributed by atoms with Crippen molar-refractivity contribution in [2.45, 2.75) is 22.9 Å². The van der Waals surface area contributed by atoms with Crippen LogP contribution in [0.5, 0.6) is 5.75 Å². The van der Waals surface area contributed by atoms with Gasteiger partial charge in [0.05, 0.1) is 5.69 Å². The molecule has 0 aliphatic heterocycles. The van der Waals surface area contributed by atoms with Gasteiger partial charge in [-0.2, -0.15) is 0 Å². The van der Waals surface area contributed by atoms with E-state index < -0.39 is 0 Å². The van der Waals surface area contributed by atoms with Crippen molar-refractivity contribution in [2.24, 2.45) is 0 Å². The quantitative estimate of drug-likeness (QED) is 0.255. The highest BCUT2D eigenvalue weighted by molar-refractivity contribution is 7.99. The van der Waals surface area contributed by atoms with Gasteiger partial charge in [-0.15, -0.1) is 0 Å². The zero-order chi connectivity index (χ0) is 24.5. The monoisotopic (exact) mass is 483 g/mol. The largest absolute Gasteiger partial charge is 0.508 e. The minimum atomic E-state index is -0.372. The molecular weight excluding hydrogens is 458 g/mol. The summed E-state index contributed by atoms with van der Waals surface area (Å²) in [7, 11) is 0. The van der Waals surface area contributed by atoms with Gasteiger partial charge in [0.1, 0.15) is 5.75 Å². The molecule has 0 aromatic heterocycles. The molecule has 7 heteroatoms. The van der Waals surface area contributed by atoms with Crippen LogP contribution in [-0.2, 0) is 13.1 Å². The average molecular weight is 484 g/mol. The molecule has 4 aromatic rings. The van der Waals surface area contributed by atoms with Crippen LogP contribution in [0.15, 0.2) is 113 Å². The molecule has 0 spiro atoms. The number of carbonyl (C=O) groups is 2. The summed E-state index contributed by atoms with van der Waals surface area (Å²) in [5.41, 5.74) is 2.93. The summed E-state index contributed by atoms with van der Waals surface area (Å²) in [6.45, 7) is 0.786. The Morgan fingerprint density at radius 3 is 1.94 bits per heavy atom.